The third-order valence-corrected chi connectivity index (χ3v) is 16.8. The Morgan fingerprint density at radius 3 is 1.89 bits per heavy atom. The van der Waals surface area contributed by atoms with Gasteiger partial charge in [0.1, 0.15) is 6.54 Å². The van der Waals surface area contributed by atoms with Crippen LogP contribution in [0.5, 0.6) is 0 Å². The van der Waals surface area contributed by atoms with Crippen LogP contribution in [0.1, 0.15) is 106 Å². The van der Waals surface area contributed by atoms with E-state index in [0.29, 0.717) is 17.4 Å². The topological polar surface area (TPSA) is 43.5 Å². The van der Waals surface area contributed by atoms with Gasteiger partial charge < -0.3 is 10.0 Å². The number of nitrogens with zero attached hydrogens (tertiary/aromatic N) is 2. The molecule has 0 spiro atoms. The Bertz CT molecular complexity index is 3300. The lowest BCUT2D eigenvalue weighted by Gasteiger charge is -2.31. The van der Waals surface area contributed by atoms with Gasteiger partial charge in [0.05, 0.1) is 11.0 Å². The van der Waals surface area contributed by atoms with E-state index in [1.165, 1.54) is 82.6 Å². The van der Waals surface area contributed by atoms with Gasteiger partial charge in [-0.1, -0.05) is 167 Å². The minimum absolute atomic E-state index is 0.298. The Labute approximate surface area is 432 Å². The number of allylic oxidation sites excluding steroid dienone is 7. The molecule has 2 unspecified atom stereocenters. The molecule has 0 radical (unpaired) electrons. The van der Waals surface area contributed by atoms with Gasteiger partial charge in [0, 0.05) is 57.3 Å². The Morgan fingerprint density at radius 1 is 0.653 bits per heavy atom. The fraction of sp³-hybridized carbons (Fsp3) is 0.284. The first kappa shape index (κ1) is 48.9. The van der Waals surface area contributed by atoms with Crippen molar-refractivity contribution in [3.8, 4) is 0 Å². The van der Waals surface area contributed by atoms with E-state index >= 15 is 0 Å². The summed E-state index contributed by atoms with van der Waals surface area (Å²) >= 11 is 1.78. The smallest absolute Gasteiger partial charge is 0.335 e. The quantitative estimate of drug-likeness (QED) is 0.0980. The molecule has 72 heavy (non-hydrogen) atoms. The highest BCUT2D eigenvalue weighted by atomic mass is 32.2. The molecule has 0 saturated heterocycles. The number of carbonyl (C=O) groups is 1. The largest absolute Gasteiger partial charge is 0.478 e. The lowest BCUT2D eigenvalue weighted by Crippen LogP contribution is -2.34. The predicted octanol–water partition coefficient (Wildman–Crippen LogP) is 17.0. The normalized spacial score (nSPS) is 20.1. The lowest BCUT2D eigenvalue weighted by atomic mass is 9.73. The third-order valence-electron chi connectivity index (χ3n) is 15.6. The Morgan fingerprint density at radius 2 is 1.25 bits per heavy atom. The maximum Gasteiger partial charge on any atom is 0.335 e. The number of hydrogen-bond donors (Lipinski definition) is 1. The molecular weight excluding hydrogens is 897 g/mol. The van der Waals surface area contributed by atoms with Crippen molar-refractivity contribution in [2.45, 2.75) is 102 Å². The molecule has 10 rings (SSSR count). The highest BCUT2D eigenvalue weighted by Crippen LogP contribution is 2.54. The van der Waals surface area contributed by atoms with E-state index in [2.05, 4.69) is 209 Å². The first-order valence-corrected chi connectivity index (χ1v) is 27.1. The molecule has 0 amide bonds. The molecular formula is C67H69N2O2S+. The summed E-state index contributed by atoms with van der Waals surface area (Å²) in [4.78, 5) is 17.0. The number of thioether (sulfide) groups is 1. The van der Waals surface area contributed by atoms with Gasteiger partial charge in [0.15, 0.2) is 5.71 Å². The van der Waals surface area contributed by atoms with E-state index in [1.54, 1.807) is 23.9 Å². The molecule has 4 nitrogen and oxygen atoms in total. The molecule has 2 aliphatic heterocycles. The van der Waals surface area contributed by atoms with E-state index in [0.717, 1.165) is 62.9 Å². The van der Waals surface area contributed by atoms with Crippen LogP contribution in [0.4, 0.5) is 11.4 Å². The average Bonchev–Trinajstić information content (AvgIpc) is 3.77. The summed E-state index contributed by atoms with van der Waals surface area (Å²) in [7, 11) is 0. The zero-order chi connectivity index (χ0) is 50.0. The van der Waals surface area contributed by atoms with Gasteiger partial charge >= 0.3 is 5.97 Å². The number of anilines is 1. The van der Waals surface area contributed by atoms with Gasteiger partial charge in [-0.05, 0) is 156 Å². The van der Waals surface area contributed by atoms with Gasteiger partial charge in [0.2, 0.25) is 5.69 Å². The molecule has 2 heterocycles. The van der Waals surface area contributed by atoms with Crippen molar-refractivity contribution in [1.82, 2.24) is 0 Å². The van der Waals surface area contributed by atoms with E-state index in [4.69, 9.17) is 0 Å². The van der Waals surface area contributed by atoms with Crippen molar-refractivity contribution in [3.05, 3.63) is 232 Å². The highest BCUT2D eigenvalue weighted by molar-refractivity contribution is 8.03. The monoisotopic (exact) mass is 966 g/mol. The summed E-state index contributed by atoms with van der Waals surface area (Å²) in [6, 6.07) is 56.8. The van der Waals surface area contributed by atoms with Crippen molar-refractivity contribution >= 4 is 56.4 Å². The number of hydrogen-bond acceptors (Lipinski definition) is 3. The molecule has 0 bridgehead atoms. The minimum Gasteiger partial charge on any atom is -0.478 e. The number of rotatable bonds is 16. The maximum absolute atomic E-state index is 12.0. The van der Waals surface area contributed by atoms with Crippen molar-refractivity contribution in [1.29, 1.82) is 0 Å². The van der Waals surface area contributed by atoms with E-state index in [-0.39, 0.29) is 10.8 Å². The van der Waals surface area contributed by atoms with Crippen LogP contribution >= 0.6 is 11.8 Å². The van der Waals surface area contributed by atoms with Crippen LogP contribution in [0.2, 0.25) is 0 Å². The van der Waals surface area contributed by atoms with Crippen LogP contribution in [0.25, 0.3) is 21.5 Å². The van der Waals surface area contributed by atoms with Crippen molar-refractivity contribution in [2.75, 3.05) is 18.0 Å². The summed E-state index contributed by atoms with van der Waals surface area (Å²) in [5.74, 6) is 0.203. The molecule has 3 aliphatic rings. The first-order chi connectivity index (χ1) is 34.9. The van der Waals surface area contributed by atoms with Crippen LogP contribution in [-0.2, 0) is 23.7 Å². The number of carboxylic acid groups (broad SMARTS) is 1. The van der Waals surface area contributed by atoms with Crippen LogP contribution in [0, 0.1) is 11.8 Å². The zero-order valence-corrected chi connectivity index (χ0v) is 43.8. The Hall–Kier alpha value is -6.69. The van der Waals surface area contributed by atoms with Gasteiger partial charge in [-0.25, -0.2) is 4.79 Å². The molecule has 1 N–H and O–H groups in total. The molecule has 2 atom stereocenters. The van der Waals surface area contributed by atoms with Crippen molar-refractivity contribution in [2.24, 2.45) is 11.8 Å². The highest BCUT2D eigenvalue weighted by Gasteiger charge is 2.49. The van der Waals surface area contributed by atoms with Gasteiger partial charge in [-0.15, -0.1) is 0 Å². The summed E-state index contributed by atoms with van der Waals surface area (Å²) in [6.45, 7) is 16.2. The fourth-order valence-electron chi connectivity index (χ4n) is 11.9. The van der Waals surface area contributed by atoms with Gasteiger partial charge in [0.25, 0.3) is 0 Å². The predicted molar refractivity (Wildman–Crippen MR) is 304 cm³/mol. The minimum atomic E-state index is -0.909. The van der Waals surface area contributed by atoms with Crippen molar-refractivity contribution in [3.63, 3.8) is 0 Å². The lowest BCUT2D eigenvalue weighted by molar-refractivity contribution is -0.439. The van der Waals surface area contributed by atoms with Gasteiger partial charge in [-0.2, -0.15) is 4.58 Å². The van der Waals surface area contributed by atoms with Crippen LogP contribution < -0.4 is 4.90 Å². The van der Waals surface area contributed by atoms with E-state index in [9.17, 15) is 9.90 Å². The number of fused-ring (bicyclic) bond motifs is 6. The molecule has 7 aromatic rings. The molecule has 7 aromatic carbocycles. The molecule has 364 valence electrons. The van der Waals surface area contributed by atoms with Crippen LogP contribution in [-0.4, -0.2) is 34.5 Å². The number of benzene rings is 7. The summed E-state index contributed by atoms with van der Waals surface area (Å²) < 4.78 is 2.64. The maximum atomic E-state index is 12.0. The Balaban J connectivity index is 1.15. The summed E-state index contributed by atoms with van der Waals surface area (Å²) in [5, 5.41) is 15.1. The van der Waals surface area contributed by atoms with E-state index in [1.807, 2.05) is 12.1 Å². The number of carboxylic acids is 1. The second-order valence-electron chi connectivity index (χ2n) is 21.6. The van der Waals surface area contributed by atoms with Crippen LogP contribution in [0.15, 0.2) is 209 Å². The van der Waals surface area contributed by atoms with Gasteiger partial charge in [-0.3, -0.25) is 0 Å². The molecule has 0 aromatic heterocycles. The molecule has 0 saturated carbocycles. The van der Waals surface area contributed by atoms with Crippen molar-refractivity contribution < 1.29 is 14.5 Å². The molecule has 1 aliphatic carbocycles. The second-order valence-corrected chi connectivity index (χ2v) is 22.7. The van der Waals surface area contributed by atoms with Crippen LogP contribution in [0.3, 0.4) is 0 Å². The third kappa shape index (κ3) is 9.69. The SMILES string of the molecule is CC(C)CCN1/C(=C/C=C2\CCCC(/C=C/C3=[N+](CCC(C)C)c4ccc5ccccc5c4C3(C)Cc3ccccc3)=C2Sc2ccc(C(=O)O)cc2)C(C)(Cc2ccccc2)c2c1ccc1ccccc21. The second kappa shape index (κ2) is 20.8. The zero-order valence-electron chi connectivity index (χ0n) is 43.0. The fourth-order valence-corrected chi connectivity index (χ4v) is 13.0. The summed E-state index contributed by atoms with van der Waals surface area (Å²) in [6.07, 6.45) is 16.7. The average molecular weight is 966 g/mol. The number of aromatic carboxylic acids is 1. The van der Waals surface area contributed by atoms with E-state index < -0.39 is 5.97 Å². The molecule has 5 heteroatoms. The Kier molecular flexibility index (Phi) is 14.1. The molecule has 0 fully saturated rings. The first-order valence-electron chi connectivity index (χ1n) is 26.3. The standard InChI is InChI=1S/C67H68N2O2S/c1-46(2)40-42-68-58-36-30-50-22-13-15-26-56(50)62(58)66(5,44-48-18-9-7-10-19-48)60(68)38-32-52-24-17-25-53(64(52)72-55-34-28-54(29-35-55)65(70)71)33-39-61-67(6,45-49-20-11-8-12-21-49)63-57-27-16-14-23-51(57)31-37-59(63)69(61)43-41-47(3)4/h7-16,18-23,26-39,46-47H,17,24-25,40-45H2,1-6H3/p+1. The summed E-state index contributed by atoms with van der Waals surface area (Å²) in [5.41, 5.74) is 13.1.